The normalized spacial score (nSPS) is 15.8. The number of amides is 2. The maximum Gasteiger partial charge on any atom is 0.228 e. The summed E-state index contributed by atoms with van der Waals surface area (Å²) in [5.74, 6) is 0.00625. The van der Waals surface area contributed by atoms with E-state index in [1.807, 2.05) is 24.3 Å². The second-order valence-electron chi connectivity index (χ2n) is 3.86. The summed E-state index contributed by atoms with van der Waals surface area (Å²) in [4.78, 5) is 26.5. The maximum atomic E-state index is 11.7. The van der Waals surface area contributed by atoms with Crippen molar-refractivity contribution in [2.45, 2.75) is 13.3 Å². The van der Waals surface area contributed by atoms with Crippen molar-refractivity contribution in [3.8, 4) is 0 Å². The van der Waals surface area contributed by atoms with E-state index in [4.69, 9.17) is 0 Å². The van der Waals surface area contributed by atoms with Crippen LogP contribution >= 0.6 is 0 Å². The first kappa shape index (κ1) is 10.7. The van der Waals surface area contributed by atoms with Gasteiger partial charge in [-0.05, 0) is 12.1 Å². The molecule has 0 aliphatic carbocycles. The molecule has 4 nitrogen and oxygen atoms in total. The number of nitrogens with zero attached hydrogens (tertiary/aromatic N) is 2. The Hall–Kier alpha value is -1.84. The third-order valence-corrected chi connectivity index (χ3v) is 2.84. The van der Waals surface area contributed by atoms with Crippen LogP contribution in [0.3, 0.4) is 0 Å². The minimum Gasteiger partial charge on any atom is -0.313 e. The van der Waals surface area contributed by atoms with Gasteiger partial charge in [-0.2, -0.15) is 0 Å². The number of carbonyl (C=O) groups is 2. The van der Waals surface area contributed by atoms with Crippen LogP contribution in [0.2, 0.25) is 0 Å². The number of anilines is 2. The molecule has 84 valence electrons. The van der Waals surface area contributed by atoms with Gasteiger partial charge in [-0.3, -0.25) is 9.59 Å². The molecule has 16 heavy (non-hydrogen) atoms. The Labute approximate surface area is 94.5 Å². The summed E-state index contributed by atoms with van der Waals surface area (Å²) in [6, 6.07) is 7.46. The quantitative estimate of drug-likeness (QED) is 0.660. The summed E-state index contributed by atoms with van der Waals surface area (Å²) >= 11 is 0. The summed E-state index contributed by atoms with van der Waals surface area (Å²) < 4.78 is 0. The number of hydrogen-bond donors (Lipinski definition) is 0. The zero-order valence-electron chi connectivity index (χ0n) is 9.43. The molecule has 0 bridgehead atoms. The second kappa shape index (κ2) is 3.96. The number of hydrogen-bond acceptors (Lipinski definition) is 2. The third-order valence-electron chi connectivity index (χ3n) is 2.84. The smallest absolute Gasteiger partial charge is 0.228 e. The molecule has 0 aromatic heterocycles. The summed E-state index contributed by atoms with van der Waals surface area (Å²) in [7, 11) is 1.74. The predicted molar refractivity (Wildman–Crippen MR) is 62.5 cm³/mol. The van der Waals surface area contributed by atoms with Crippen LogP contribution < -0.4 is 9.80 Å². The van der Waals surface area contributed by atoms with Crippen LogP contribution in [0.25, 0.3) is 0 Å². The first-order valence-corrected chi connectivity index (χ1v) is 5.25. The molecule has 1 aliphatic heterocycles. The Bertz CT molecular complexity index is 442. The molecule has 0 saturated heterocycles. The highest BCUT2D eigenvalue weighted by Crippen LogP contribution is 2.31. The molecular formula is C12H14N2O2. The predicted octanol–water partition coefficient (Wildman–Crippen LogP) is 1.41. The van der Waals surface area contributed by atoms with E-state index in [1.165, 1.54) is 6.92 Å². The van der Waals surface area contributed by atoms with E-state index in [0.717, 1.165) is 11.4 Å². The molecule has 4 heteroatoms. The largest absolute Gasteiger partial charge is 0.313 e. The molecular weight excluding hydrogens is 204 g/mol. The molecule has 0 radical (unpaired) electrons. The molecule has 1 aromatic rings. The highest BCUT2D eigenvalue weighted by Gasteiger charge is 2.24. The maximum absolute atomic E-state index is 11.7. The average molecular weight is 218 g/mol. The summed E-state index contributed by atoms with van der Waals surface area (Å²) in [5.41, 5.74) is 1.60. The number of para-hydroxylation sites is 2. The molecule has 2 amide bonds. The van der Waals surface area contributed by atoms with E-state index in [9.17, 15) is 9.59 Å². The van der Waals surface area contributed by atoms with E-state index in [1.54, 1.807) is 16.8 Å². The summed E-state index contributed by atoms with van der Waals surface area (Å²) in [5, 5.41) is 0. The Morgan fingerprint density at radius 2 is 1.88 bits per heavy atom. The molecule has 0 fully saturated rings. The van der Waals surface area contributed by atoms with E-state index < -0.39 is 0 Å². The molecule has 2 rings (SSSR count). The molecule has 1 aromatic carbocycles. The van der Waals surface area contributed by atoms with E-state index in [-0.39, 0.29) is 11.8 Å². The molecule has 0 atom stereocenters. The van der Waals surface area contributed by atoms with Crippen molar-refractivity contribution in [1.29, 1.82) is 0 Å². The van der Waals surface area contributed by atoms with Gasteiger partial charge < -0.3 is 9.80 Å². The SMILES string of the molecule is CC(=O)N1CCC(=O)N(C)c2ccccc21. The first-order chi connectivity index (χ1) is 7.61. The van der Waals surface area contributed by atoms with Gasteiger partial charge in [0.1, 0.15) is 0 Å². The van der Waals surface area contributed by atoms with E-state index in [2.05, 4.69) is 0 Å². The molecule has 0 N–H and O–H groups in total. The molecule has 1 heterocycles. The van der Waals surface area contributed by atoms with Crippen LogP contribution in [0.15, 0.2) is 24.3 Å². The van der Waals surface area contributed by atoms with Gasteiger partial charge in [-0.25, -0.2) is 0 Å². The monoisotopic (exact) mass is 218 g/mol. The lowest BCUT2D eigenvalue weighted by Crippen LogP contribution is -2.29. The summed E-state index contributed by atoms with van der Waals surface area (Å²) in [6.45, 7) is 1.97. The minimum absolute atomic E-state index is 0.0319. The van der Waals surface area contributed by atoms with Gasteiger partial charge in [0.15, 0.2) is 0 Å². The van der Waals surface area contributed by atoms with Crippen molar-refractivity contribution < 1.29 is 9.59 Å². The molecule has 0 saturated carbocycles. The third kappa shape index (κ3) is 1.66. The van der Waals surface area contributed by atoms with Gasteiger partial charge in [0.25, 0.3) is 0 Å². The average Bonchev–Trinajstić information content (AvgIpc) is 2.39. The zero-order valence-corrected chi connectivity index (χ0v) is 9.43. The lowest BCUT2D eigenvalue weighted by Gasteiger charge is -2.22. The standard InChI is InChI=1S/C12H14N2O2/c1-9(15)14-8-7-12(16)13(2)10-5-3-4-6-11(10)14/h3-6H,7-8H2,1-2H3. The van der Waals surface area contributed by atoms with Crippen LogP contribution in [-0.2, 0) is 9.59 Å². The van der Waals surface area contributed by atoms with Crippen molar-refractivity contribution in [3.63, 3.8) is 0 Å². The Balaban J connectivity index is 2.54. The van der Waals surface area contributed by atoms with Crippen LogP contribution in [-0.4, -0.2) is 25.4 Å². The van der Waals surface area contributed by atoms with Crippen LogP contribution in [0.5, 0.6) is 0 Å². The highest BCUT2D eigenvalue weighted by atomic mass is 16.2. The van der Waals surface area contributed by atoms with Gasteiger partial charge in [-0.1, -0.05) is 12.1 Å². The second-order valence-corrected chi connectivity index (χ2v) is 3.86. The van der Waals surface area contributed by atoms with Gasteiger partial charge in [0.2, 0.25) is 11.8 Å². The fourth-order valence-corrected chi connectivity index (χ4v) is 1.93. The minimum atomic E-state index is -0.0319. The number of rotatable bonds is 0. The lowest BCUT2D eigenvalue weighted by atomic mass is 10.2. The first-order valence-electron chi connectivity index (χ1n) is 5.25. The fourth-order valence-electron chi connectivity index (χ4n) is 1.93. The topological polar surface area (TPSA) is 40.6 Å². The van der Waals surface area contributed by atoms with Crippen molar-refractivity contribution >= 4 is 23.2 Å². The zero-order chi connectivity index (χ0) is 11.7. The fraction of sp³-hybridized carbons (Fsp3) is 0.333. The number of benzene rings is 1. The Morgan fingerprint density at radius 1 is 1.25 bits per heavy atom. The molecule has 0 spiro atoms. The number of carbonyl (C=O) groups excluding carboxylic acids is 2. The Morgan fingerprint density at radius 3 is 2.50 bits per heavy atom. The van der Waals surface area contributed by atoms with Gasteiger partial charge >= 0.3 is 0 Å². The summed E-state index contributed by atoms with van der Waals surface area (Å²) in [6.07, 6.45) is 0.366. The van der Waals surface area contributed by atoms with Crippen molar-refractivity contribution in [2.24, 2.45) is 0 Å². The van der Waals surface area contributed by atoms with Crippen LogP contribution in [0.4, 0.5) is 11.4 Å². The Kier molecular flexibility index (Phi) is 2.64. The van der Waals surface area contributed by atoms with Crippen molar-refractivity contribution in [3.05, 3.63) is 24.3 Å². The molecule has 0 unspecified atom stereocenters. The van der Waals surface area contributed by atoms with E-state index in [0.29, 0.717) is 13.0 Å². The van der Waals surface area contributed by atoms with Gasteiger partial charge in [-0.15, -0.1) is 0 Å². The highest BCUT2D eigenvalue weighted by molar-refractivity contribution is 6.04. The molecule has 1 aliphatic rings. The van der Waals surface area contributed by atoms with Crippen LogP contribution in [0.1, 0.15) is 13.3 Å². The van der Waals surface area contributed by atoms with Gasteiger partial charge in [0, 0.05) is 26.9 Å². The van der Waals surface area contributed by atoms with Gasteiger partial charge in [0.05, 0.1) is 11.4 Å². The van der Waals surface area contributed by atoms with E-state index >= 15 is 0 Å². The van der Waals surface area contributed by atoms with Crippen LogP contribution in [0, 0.1) is 0 Å². The number of fused-ring (bicyclic) bond motifs is 1. The van der Waals surface area contributed by atoms with Crippen molar-refractivity contribution in [1.82, 2.24) is 0 Å². The lowest BCUT2D eigenvalue weighted by molar-refractivity contribution is -0.118. The van der Waals surface area contributed by atoms with Crippen molar-refractivity contribution in [2.75, 3.05) is 23.4 Å².